The molecule has 0 bridgehead atoms. The minimum atomic E-state index is -0.669. The third-order valence-electron chi connectivity index (χ3n) is 4.78. The second-order valence-electron chi connectivity index (χ2n) is 6.35. The summed E-state index contributed by atoms with van der Waals surface area (Å²) in [7, 11) is 0. The molecule has 1 fully saturated rings. The zero-order chi connectivity index (χ0) is 18.6. The Balaban J connectivity index is 1.77. The molecule has 1 saturated heterocycles. The van der Waals surface area contributed by atoms with Crippen LogP contribution in [0.1, 0.15) is 35.8 Å². The molecule has 2 aromatic rings. The van der Waals surface area contributed by atoms with Crippen molar-refractivity contribution < 1.29 is 14.3 Å². The number of ether oxygens (including phenoxy) is 1. The average molecular weight is 394 g/mol. The van der Waals surface area contributed by atoms with Crippen LogP contribution in [-0.4, -0.2) is 45.2 Å². The first-order valence-corrected chi connectivity index (χ1v) is 9.64. The van der Waals surface area contributed by atoms with Crippen molar-refractivity contribution in [2.75, 3.05) is 19.7 Å². The Morgan fingerprint density at radius 3 is 2.65 bits per heavy atom. The van der Waals surface area contributed by atoms with Crippen LogP contribution in [0.3, 0.4) is 0 Å². The van der Waals surface area contributed by atoms with E-state index >= 15 is 0 Å². The van der Waals surface area contributed by atoms with Gasteiger partial charge in [0.25, 0.3) is 5.91 Å². The molecule has 0 saturated carbocycles. The van der Waals surface area contributed by atoms with Gasteiger partial charge in [-0.3, -0.25) is 9.59 Å². The zero-order valence-corrected chi connectivity index (χ0v) is 16.1. The van der Waals surface area contributed by atoms with E-state index in [2.05, 4.69) is 8.75 Å². The molecule has 2 heterocycles. The number of esters is 1. The summed E-state index contributed by atoms with van der Waals surface area (Å²) in [4.78, 5) is 26.9. The van der Waals surface area contributed by atoms with E-state index in [4.69, 9.17) is 16.3 Å². The molecular formula is C18H20ClN3O3S. The lowest BCUT2D eigenvalue weighted by Crippen LogP contribution is -2.48. The van der Waals surface area contributed by atoms with E-state index in [1.54, 1.807) is 11.8 Å². The quantitative estimate of drug-likeness (QED) is 0.729. The molecule has 0 unspecified atom stereocenters. The lowest BCUT2D eigenvalue weighted by Gasteiger charge is -2.40. The van der Waals surface area contributed by atoms with Gasteiger partial charge in [0.1, 0.15) is 0 Å². The van der Waals surface area contributed by atoms with Crippen LogP contribution >= 0.6 is 23.3 Å². The molecule has 0 radical (unpaired) electrons. The van der Waals surface area contributed by atoms with Crippen molar-refractivity contribution in [3.8, 4) is 0 Å². The normalized spacial score (nSPS) is 16.3. The number of halogens is 1. The van der Waals surface area contributed by atoms with E-state index in [1.807, 2.05) is 24.3 Å². The smallest absolute Gasteiger partial charge is 0.312 e. The lowest BCUT2D eigenvalue weighted by molar-refractivity contribution is -0.158. The van der Waals surface area contributed by atoms with Gasteiger partial charge in [0.15, 0.2) is 5.69 Å². The maximum Gasteiger partial charge on any atom is 0.312 e. The number of hydrogen-bond donors (Lipinski definition) is 0. The minimum absolute atomic E-state index is 0.144. The number of carbonyl (C=O) groups excluding carboxylic acids is 2. The number of rotatable bonds is 5. The van der Waals surface area contributed by atoms with Crippen molar-refractivity contribution in [1.82, 2.24) is 13.6 Å². The molecule has 8 heteroatoms. The topological polar surface area (TPSA) is 72.4 Å². The molecule has 1 amide bonds. The lowest BCUT2D eigenvalue weighted by atomic mass is 9.73. The van der Waals surface area contributed by atoms with E-state index in [0.29, 0.717) is 49.7 Å². The van der Waals surface area contributed by atoms with E-state index in [-0.39, 0.29) is 11.9 Å². The van der Waals surface area contributed by atoms with Crippen molar-refractivity contribution in [2.45, 2.75) is 26.2 Å². The molecular weight excluding hydrogens is 374 g/mol. The number of piperidine rings is 1. The number of aromatic nitrogens is 2. The fourth-order valence-corrected chi connectivity index (χ4v) is 3.91. The Labute approximate surface area is 161 Å². The van der Waals surface area contributed by atoms with E-state index < -0.39 is 5.41 Å². The largest absolute Gasteiger partial charge is 0.466 e. The van der Waals surface area contributed by atoms with Crippen LogP contribution in [0.15, 0.2) is 30.5 Å². The summed E-state index contributed by atoms with van der Waals surface area (Å²) in [6.45, 7) is 3.07. The third kappa shape index (κ3) is 3.88. The molecule has 1 aromatic carbocycles. The number of amides is 1. The SMILES string of the molecule is CCOC(=O)C1(Cc2ccccc2Cl)CCN(C(=O)c2cnsn2)CC1. The maximum absolute atomic E-state index is 12.8. The second-order valence-corrected chi connectivity index (χ2v) is 7.32. The molecule has 6 nitrogen and oxygen atoms in total. The average Bonchev–Trinajstić information content (AvgIpc) is 3.18. The summed E-state index contributed by atoms with van der Waals surface area (Å²) < 4.78 is 13.2. The summed E-state index contributed by atoms with van der Waals surface area (Å²) in [5.74, 6) is -0.365. The summed E-state index contributed by atoms with van der Waals surface area (Å²) >= 11 is 7.31. The van der Waals surface area contributed by atoms with Gasteiger partial charge in [0.2, 0.25) is 0 Å². The first kappa shape index (κ1) is 18.8. The summed E-state index contributed by atoms with van der Waals surface area (Å²) in [6.07, 6.45) is 3.04. The maximum atomic E-state index is 12.8. The molecule has 0 aliphatic carbocycles. The van der Waals surface area contributed by atoms with Crippen molar-refractivity contribution in [1.29, 1.82) is 0 Å². The van der Waals surface area contributed by atoms with Crippen LogP contribution in [0.5, 0.6) is 0 Å². The van der Waals surface area contributed by atoms with Gasteiger partial charge in [-0.1, -0.05) is 29.8 Å². The molecule has 1 aliphatic rings. The number of carbonyl (C=O) groups is 2. The summed E-state index contributed by atoms with van der Waals surface area (Å²) in [6, 6.07) is 7.53. The Morgan fingerprint density at radius 1 is 1.31 bits per heavy atom. The first-order valence-electron chi connectivity index (χ1n) is 8.53. The summed E-state index contributed by atoms with van der Waals surface area (Å²) in [5.41, 5.74) is 0.605. The first-order chi connectivity index (χ1) is 12.6. The van der Waals surface area contributed by atoms with Gasteiger partial charge in [-0.15, -0.1) is 0 Å². The van der Waals surface area contributed by atoms with Crippen LogP contribution in [0.2, 0.25) is 5.02 Å². The van der Waals surface area contributed by atoms with Gasteiger partial charge in [-0.2, -0.15) is 8.75 Å². The predicted octanol–water partition coefficient (Wildman–Crippen LogP) is 3.22. The number of benzene rings is 1. The van der Waals surface area contributed by atoms with Crippen molar-refractivity contribution in [3.05, 3.63) is 46.7 Å². The Morgan fingerprint density at radius 2 is 2.04 bits per heavy atom. The van der Waals surface area contributed by atoms with Gasteiger partial charge in [-0.25, -0.2) is 0 Å². The van der Waals surface area contributed by atoms with Crippen LogP contribution in [0.25, 0.3) is 0 Å². The molecule has 3 rings (SSSR count). The predicted molar refractivity (Wildman–Crippen MR) is 99.3 cm³/mol. The minimum Gasteiger partial charge on any atom is -0.466 e. The van der Waals surface area contributed by atoms with Crippen molar-refractivity contribution in [2.24, 2.45) is 5.41 Å². The molecule has 0 atom stereocenters. The fraction of sp³-hybridized carbons (Fsp3) is 0.444. The molecule has 138 valence electrons. The Kier molecular flexibility index (Phi) is 5.88. The fourth-order valence-electron chi connectivity index (χ4n) is 3.30. The van der Waals surface area contributed by atoms with E-state index in [1.165, 1.54) is 6.20 Å². The van der Waals surface area contributed by atoms with E-state index in [9.17, 15) is 9.59 Å². The Hall–Kier alpha value is -1.99. The van der Waals surface area contributed by atoms with Crippen LogP contribution in [-0.2, 0) is 16.0 Å². The van der Waals surface area contributed by atoms with Crippen molar-refractivity contribution >= 4 is 35.2 Å². The Bertz CT molecular complexity index is 774. The monoisotopic (exact) mass is 393 g/mol. The second kappa shape index (κ2) is 8.14. The van der Waals surface area contributed by atoms with Crippen molar-refractivity contribution in [3.63, 3.8) is 0 Å². The molecule has 0 N–H and O–H groups in total. The van der Waals surface area contributed by atoms with Gasteiger partial charge in [0.05, 0.1) is 29.9 Å². The number of hydrogen-bond acceptors (Lipinski definition) is 6. The highest BCUT2D eigenvalue weighted by atomic mass is 35.5. The van der Waals surface area contributed by atoms with Gasteiger partial charge >= 0.3 is 5.97 Å². The molecule has 0 spiro atoms. The third-order valence-corrected chi connectivity index (χ3v) is 5.63. The van der Waals surface area contributed by atoms with Crippen LogP contribution < -0.4 is 0 Å². The molecule has 1 aliphatic heterocycles. The number of nitrogens with zero attached hydrogens (tertiary/aromatic N) is 3. The van der Waals surface area contributed by atoms with Gasteiger partial charge in [0, 0.05) is 18.1 Å². The highest BCUT2D eigenvalue weighted by Gasteiger charge is 2.44. The van der Waals surface area contributed by atoms with Gasteiger partial charge < -0.3 is 9.64 Å². The highest BCUT2D eigenvalue weighted by molar-refractivity contribution is 6.99. The van der Waals surface area contributed by atoms with Crippen LogP contribution in [0.4, 0.5) is 0 Å². The molecule has 26 heavy (non-hydrogen) atoms. The zero-order valence-electron chi connectivity index (χ0n) is 14.5. The number of likely N-dealkylation sites (tertiary alicyclic amines) is 1. The van der Waals surface area contributed by atoms with Crippen LogP contribution in [0, 0.1) is 5.41 Å². The van der Waals surface area contributed by atoms with E-state index in [0.717, 1.165) is 17.3 Å². The summed E-state index contributed by atoms with van der Waals surface area (Å²) in [5, 5.41) is 0.642. The highest BCUT2D eigenvalue weighted by Crippen LogP contribution is 2.38. The van der Waals surface area contributed by atoms with Gasteiger partial charge in [-0.05, 0) is 37.8 Å². The molecule has 1 aromatic heterocycles. The standard InChI is InChI=1S/C18H20ClN3O3S/c1-2-25-17(24)18(11-13-5-3-4-6-14(13)19)7-9-22(10-8-18)16(23)15-12-20-26-21-15/h3-6,12H,2,7-11H2,1H3.